The van der Waals surface area contributed by atoms with E-state index in [1.807, 2.05) is 42.5 Å². The molecule has 0 unspecified atom stereocenters. The summed E-state index contributed by atoms with van der Waals surface area (Å²) in [6.07, 6.45) is 0.742. The molecule has 4 aromatic rings. The number of hydrogen-bond acceptors (Lipinski definition) is 3. The van der Waals surface area contributed by atoms with Crippen LogP contribution in [0.15, 0.2) is 54.6 Å². The molecule has 2 N–H and O–H groups in total. The first kappa shape index (κ1) is 15.6. The van der Waals surface area contributed by atoms with E-state index in [1.165, 1.54) is 16.9 Å². The summed E-state index contributed by atoms with van der Waals surface area (Å²) in [6, 6.07) is 18.3. The second kappa shape index (κ2) is 6.18. The van der Waals surface area contributed by atoms with Gasteiger partial charge < -0.3 is 10.1 Å². The zero-order chi connectivity index (χ0) is 17.4. The topological polar surface area (TPSA) is 66.0 Å². The first-order chi connectivity index (χ1) is 12.1. The van der Waals surface area contributed by atoms with Gasteiger partial charge in [0.1, 0.15) is 9.88 Å². The molecule has 2 heterocycles. The molecule has 0 saturated heterocycles. The molecule has 0 spiro atoms. The number of H-pyrrole nitrogens is 1. The van der Waals surface area contributed by atoms with Gasteiger partial charge in [0.2, 0.25) is 0 Å². The summed E-state index contributed by atoms with van der Waals surface area (Å²) < 4.78 is 0. The number of carboxylic acids is 1. The van der Waals surface area contributed by atoms with Gasteiger partial charge in [-0.3, -0.25) is 0 Å². The Balaban J connectivity index is 1.90. The molecule has 25 heavy (non-hydrogen) atoms. The Kier molecular flexibility index (Phi) is 3.86. The molecule has 0 aliphatic heterocycles. The van der Waals surface area contributed by atoms with E-state index < -0.39 is 5.97 Å². The van der Waals surface area contributed by atoms with Crippen molar-refractivity contribution >= 4 is 28.2 Å². The van der Waals surface area contributed by atoms with Gasteiger partial charge in [-0.25, -0.2) is 9.78 Å². The molecular formula is C20H16N2O2S. The summed E-state index contributed by atoms with van der Waals surface area (Å²) in [7, 11) is 0. The lowest BCUT2D eigenvalue weighted by Crippen LogP contribution is -1.94. The van der Waals surface area contributed by atoms with Gasteiger partial charge in [-0.15, -0.1) is 11.3 Å². The molecule has 4 nitrogen and oxygen atoms in total. The summed E-state index contributed by atoms with van der Waals surface area (Å²) >= 11 is 1.23. The number of carboxylic acid groups (broad SMARTS) is 1. The third kappa shape index (κ3) is 2.83. The van der Waals surface area contributed by atoms with Gasteiger partial charge >= 0.3 is 5.97 Å². The molecule has 2 aromatic carbocycles. The molecule has 0 saturated carbocycles. The number of fused-ring (bicyclic) bond motifs is 1. The maximum Gasteiger partial charge on any atom is 0.347 e. The van der Waals surface area contributed by atoms with Crippen molar-refractivity contribution in [2.45, 2.75) is 13.3 Å². The number of aromatic nitrogens is 2. The SMILES string of the molecule is Cc1nc(-c2c(Cc3ccccc3)[nH]c3ccccc23)sc1C(=O)O. The number of rotatable bonds is 4. The number of hydrogen-bond donors (Lipinski definition) is 2. The highest BCUT2D eigenvalue weighted by Gasteiger charge is 2.20. The van der Waals surface area contributed by atoms with Gasteiger partial charge in [0.15, 0.2) is 0 Å². The number of benzene rings is 2. The van der Waals surface area contributed by atoms with E-state index in [1.54, 1.807) is 6.92 Å². The highest BCUT2D eigenvalue weighted by atomic mass is 32.1. The van der Waals surface area contributed by atoms with Crippen LogP contribution in [0.2, 0.25) is 0 Å². The lowest BCUT2D eigenvalue weighted by atomic mass is 10.1. The van der Waals surface area contributed by atoms with Crippen molar-refractivity contribution in [1.82, 2.24) is 9.97 Å². The van der Waals surface area contributed by atoms with Crippen molar-refractivity contribution in [1.29, 1.82) is 0 Å². The molecule has 4 rings (SSSR count). The monoisotopic (exact) mass is 348 g/mol. The fraction of sp³-hybridized carbons (Fsp3) is 0.100. The molecule has 0 bridgehead atoms. The largest absolute Gasteiger partial charge is 0.477 e. The zero-order valence-electron chi connectivity index (χ0n) is 13.6. The Morgan fingerprint density at radius 1 is 1.12 bits per heavy atom. The highest BCUT2D eigenvalue weighted by Crippen LogP contribution is 2.37. The Morgan fingerprint density at radius 2 is 1.84 bits per heavy atom. The lowest BCUT2D eigenvalue weighted by molar-refractivity contribution is 0.0701. The van der Waals surface area contributed by atoms with E-state index >= 15 is 0 Å². The maximum absolute atomic E-state index is 11.4. The Morgan fingerprint density at radius 3 is 2.56 bits per heavy atom. The predicted molar refractivity (Wildman–Crippen MR) is 100 cm³/mol. The minimum Gasteiger partial charge on any atom is -0.477 e. The van der Waals surface area contributed by atoms with Crippen molar-refractivity contribution < 1.29 is 9.90 Å². The average Bonchev–Trinajstić information content (AvgIpc) is 3.15. The fourth-order valence-corrected chi connectivity index (χ4v) is 4.07. The third-order valence-electron chi connectivity index (χ3n) is 4.21. The van der Waals surface area contributed by atoms with Crippen molar-refractivity contribution in [2.75, 3.05) is 0 Å². The summed E-state index contributed by atoms with van der Waals surface area (Å²) in [6.45, 7) is 1.75. The normalized spacial score (nSPS) is 11.1. The summed E-state index contributed by atoms with van der Waals surface area (Å²) in [5, 5.41) is 11.2. The number of aryl methyl sites for hydroxylation is 1. The zero-order valence-corrected chi connectivity index (χ0v) is 14.4. The van der Waals surface area contributed by atoms with Crippen molar-refractivity contribution in [3.8, 4) is 10.6 Å². The van der Waals surface area contributed by atoms with E-state index in [-0.39, 0.29) is 0 Å². The van der Waals surface area contributed by atoms with Gasteiger partial charge in [-0.1, -0.05) is 48.5 Å². The number of aromatic carboxylic acids is 1. The van der Waals surface area contributed by atoms with Crippen LogP contribution in [0.3, 0.4) is 0 Å². The number of nitrogens with zero attached hydrogens (tertiary/aromatic N) is 1. The molecule has 124 valence electrons. The van der Waals surface area contributed by atoms with Crippen molar-refractivity contribution in [3.63, 3.8) is 0 Å². The van der Waals surface area contributed by atoms with E-state index in [0.717, 1.165) is 33.6 Å². The number of nitrogens with one attached hydrogen (secondary N) is 1. The molecule has 5 heteroatoms. The van der Waals surface area contributed by atoms with Crippen LogP contribution in [0.25, 0.3) is 21.5 Å². The standard InChI is InChI=1S/C20H16N2O2S/c1-12-18(20(23)24)25-19(21-12)17-14-9-5-6-10-15(14)22-16(17)11-13-7-3-2-4-8-13/h2-10,22H,11H2,1H3,(H,23,24). The van der Waals surface area contributed by atoms with Crippen LogP contribution in [-0.2, 0) is 6.42 Å². The summed E-state index contributed by atoms with van der Waals surface area (Å²) in [4.78, 5) is 19.7. The second-order valence-corrected chi connectivity index (χ2v) is 6.92. The van der Waals surface area contributed by atoms with Crippen LogP contribution in [0.5, 0.6) is 0 Å². The third-order valence-corrected chi connectivity index (χ3v) is 5.38. The number of para-hydroxylation sites is 1. The van der Waals surface area contributed by atoms with Crippen LogP contribution in [0.4, 0.5) is 0 Å². The first-order valence-electron chi connectivity index (χ1n) is 7.98. The van der Waals surface area contributed by atoms with Crippen molar-refractivity contribution in [2.24, 2.45) is 0 Å². The number of aromatic amines is 1. The Labute approximate surface area is 148 Å². The van der Waals surface area contributed by atoms with Crippen LogP contribution in [-0.4, -0.2) is 21.0 Å². The van der Waals surface area contributed by atoms with Crippen molar-refractivity contribution in [3.05, 3.63) is 76.4 Å². The number of thiazole rings is 1. The van der Waals surface area contributed by atoms with E-state index in [2.05, 4.69) is 22.1 Å². The summed E-state index contributed by atoms with van der Waals surface area (Å²) in [5.41, 5.74) is 4.84. The number of carbonyl (C=O) groups is 1. The van der Waals surface area contributed by atoms with E-state index in [9.17, 15) is 9.90 Å². The smallest absolute Gasteiger partial charge is 0.347 e. The highest BCUT2D eigenvalue weighted by molar-refractivity contribution is 7.17. The van der Waals surface area contributed by atoms with Gasteiger partial charge in [0.25, 0.3) is 0 Å². The lowest BCUT2D eigenvalue weighted by Gasteiger charge is -2.03. The van der Waals surface area contributed by atoms with Gasteiger partial charge in [0, 0.05) is 28.6 Å². The van der Waals surface area contributed by atoms with Crippen LogP contribution in [0.1, 0.15) is 26.6 Å². The molecule has 2 aromatic heterocycles. The molecule has 0 amide bonds. The first-order valence-corrected chi connectivity index (χ1v) is 8.79. The van der Waals surface area contributed by atoms with Gasteiger partial charge in [0.05, 0.1) is 5.69 Å². The second-order valence-electron chi connectivity index (χ2n) is 5.93. The molecule has 0 radical (unpaired) electrons. The quantitative estimate of drug-likeness (QED) is 0.552. The van der Waals surface area contributed by atoms with Gasteiger partial charge in [-0.2, -0.15) is 0 Å². The van der Waals surface area contributed by atoms with Crippen LogP contribution >= 0.6 is 11.3 Å². The Hall–Kier alpha value is -2.92. The van der Waals surface area contributed by atoms with E-state index in [0.29, 0.717) is 10.6 Å². The minimum atomic E-state index is -0.925. The minimum absolute atomic E-state index is 0.297. The maximum atomic E-state index is 11.4. The fourth-order valence-electron chi connectivity index (χ4n) is 3.08. The van der Waals surface area contributed by atoms with Gasteiger partial charge in [-0.05, 0) is 18.6 Å². The average molecular weight is 348 g/mol. The van der Waals surface area contributed by atoms with Crippen LogP contribution in [0, 0.1) is 6.92 Å². The van der Waals surface area contributed by atoms with E-state index in [4.69, 9.17) is 0 Å². The Bertz CT molecular complexity index is 1060. The molecule has 0 fully saturated rings. The summed E-state index contributed by atoms with van der Waals surface area (Å²) in [5.74, 6) is -0.925. The molecule has 0 aliphatic rings. The van der Waals surface area contributed by atoms with Crippen LogP contribution < -0.4 is 0 Å². The predicted octanol–water partition coefficient (Wildman–Crippen LogP) is 4.89. The molecular weight excluding hydrogens is 332 g/mol. The molecule has 0 aliphatic carbocycles. The molecule has 0 atom stereocenters.